The van der Waals surface area contributed by atoms with E-state index in [2.05, 4.69) is 155 Å². The highest BCUT2D eigenvalue weighted by Crippen LogP contribution is 2.35. The van der Waals surface area contributed by atoms with Crippen molar-refractivity contribution >= 4 is 43.6 Å². The number of para-hydroxylation sites is 4. The molecule has 0 aliphatic heterocycles. The third-order valence-corrected chi connectivity index (χ3v) is 7.70. The lowest BCUT2D eigenvalue weighted by Gasteiger charge is -2.12. The summed E-state index contributed by atoms with van der Waals surface area (Å²) in [6.45, 7) is 8.00. The minimum Gasteiger partial charge on any atom is -0.309 e. The number of hydrogen-bond acceptors (Lipinski definition) is 0. The number of aromatic nitrogens is 2. The van der Waals surface area contributed by atoms with Crippen molar-refractivity contribution in [3.63, 3.8) is 0 Å². The fraction of sp³-hybridized carbons (Fsp3) is 0.143. The molecule has 2 aromatic heterocycles. The van der Waals surface area contributed by atoms with Gasteiger partial charge in [0.1, 0.15) is 0 Å². The molecule has 0 unspecified atom stereocenters. The first-order chi connectivity index (χ1) is 20.9. The second kappa shape index (κ2) is 13.9. The molecule has 2 nitrogen and oxygen atoms in total. The fourth-order valence-electron chi connectivity index (χ4n) is 6.05. The van der Waals surface area contributed by atoms with Crippen LogP contribution in [0.1, 0.15) is 42.5 Å². The van der Waals surface area contributed by atoms with Gasteiger partial charge in [-0.25, -0.2) is 0 Å². The van der Waals surface area contributed by atoms with E-state index in [1.54, 1.807) is 0 Å². The first kappa shape index (κ1) is 31.8. The molecule has 222 valence electrons. The molecule has 0 spiro atoms. The van der Waals surface area contributed by atoms with Gasteiger partial charge < -0.3 is 9.13 Å². The Balaban J connectivity index is 0.000000709. The van der Waals surface area contributed by atoms with Gasteiger partial charge >= 0.3 is 0 Å². The zero-order valence-electron chi connectivity index (χ0n) is 24.8. The predicted molar refractivity (Wildman–Crippen MR) is 197 cm³/mol. The maximum atomic E-state index is 2.38. The Labute approximate surface area is 262 Å². The molecule has 0 fully saturated rings. The Morgan fingerprint density at radius 1 is 0.318 bits per heavy atom. The van der Waals surface area contributed by atoms with Crippen LogP contribution in [-0.2, 0) is 0 Å². The van der Waals surface area contributed by atoms with Gasteiger partial charge in [-0.05, 0) is 59.7 Å². The molecule has 0 aliphatic rings. The summed E-state index contributed by atoms with van der Waals surface area (Å²) in [5, 5.41) is 5.12. The Morgan fingerprint density at radius 3 is 0.886 bits per heavy atom. The van der Waals surface area contributed by atoms with Crippen molar-refractivity contribution in [2.45, 2.75) is 42.5 Å². The average Bonchev–Trinajstić information content (AvgIpc) is 3.60. The first-order valence-electron chi connectivity index (χ1n) is 15.0. The van der Waals surface area contributed by atoms with E-state index in [9.17, 15) is 0 Å². The molecule has 0 saturated heterocycles. The lowest BCUT2D eigenvalue weighted by atomic mass is 10.0. The maximum absolute atomic E-state index is 2.38. The van der Waals surface area contributed by atoms with Gasteiger partial charge in [0.25, 0.3) is 0 Å². The van der Waals surface area contributed by atoms with E-state index < -0.39 is 0 Å². The van der Waals surface area contributed by atoms with Crippen molar-refractivity contribution in [2.75, 3.05) is 0 Å². The summed E-state index contributed by atoms with van der Waals surface area (Å²) in [4.78, 5) is 0. The molecule has 0 N–H and O–H groups in total. The number of fused-ring (bicyclic) bond motifs is 6. The quantitative estimate of drug-likeness (QED) is 0.198. The smallest absolute Gasteiger partial charge is 0.0541 e. The van der Waals surface area contributed by atoms with E-state index in [1.165, 1.54) is 66.1 Å². The Bertz CT molecular complexity index is 1880. The van der Waals surface area contributed by atoms with Crippen molar-refractivity contribution in [3.8, 4) is 22.5 Å². The van der Waals surface area contributed by atoms with E-state index in [0.717, 1.165) is 0 Å². The summed E-state index contributed by atoms with van der Waals surface area (Å²) in [6.07, 6.45) is 0. The summed E-state index contributed by atoms with van der Waals surface area (Å²) in [6, 6.07) is 52.5. The molecule has 8 rings (SSSR count). The normalized spacial score (nSPS) is 10.4. The number of hydrogen-bond donors (Lipinski definition) is 0. The SMILES string of the molecule is C.C.CC.CC.c1cc(-c2cccc(-n3c4ccccc4c4ccccc43)c2)cc(-n2c3ccccc3c3ccccc32)c1. The van der Waals surface area contributed by atoms with Gasteiger partial charge in [0, 0.05) is 32.9 Å². The van der Waals surface area contributed by atoms with Crippen LogP contribution < -0.4 is 0 Å². The first-order valence-corrected chi connectivity index (χ1v) is 15.0. The molecule has 0 bridgehead atoms. The molecule has 0 aliphatic carbocycles. The van der Waals surface area contributed by atoms with E-state index in [4.69, 9.17) is 0 Å². The van der Waals surface area contributed by atoms with Crippen LogP contribution in [0.15, 0.2) is 146 Å². The number of rotatable bonds is 3. The standard InChI is InChI=1S/C36H24N2.2C2H6.2CH4/c1-5-19-33-29(15-1)30-16-2-6-20-34(30)37(33)27-13-9-11-25(23-27)26-12-10-14-28(24-26)38-35-21-7-3-17-31(35)32-18-4-8-22-36(32)38;2*1-2;;/h1-24H;2*1-2H3;2*1H4. The number of benzene rings is 6. The Morgan fingerprint density at radius 2 is 0.591 bits per heavy atom. The third-order valence-electron chi connectivity index (χ3n) is 7.70. The molecule has 2 heterocycles. The molecule has 0 atom stereocenters. The van der Waals surface area contributed by atoms with Gasteiger partial charge in [0.15, 0.2) is 0 Å². The van der Waals surface area contributed by atoms with Gasteiger partial charge in [0.05, 0.1) is 22.1 Å². The summed E-state index contributed by atoms with van der Waals surface area (Å²) in [5.41, 5.74) is 9.65. The third kappa shape index (κ3) is 5.29. The minimum absolute atomic E-state index is 0. The van der Waals surface area contributed by atoms with Crippen LogP contribution in [-0.4, -0.2) is 9.13 Å². The molecule has 0 saturated carbocycles. The van der Waals surface area contributed by atoms with Crippen LogP contribution in [0.3, 0.4) is 0 Å². The van der Waals surface area contributed by atoms with Gasteiger partial charge in [-0.1, -0.05) is 140 Å². The molecule has 0 radical (unpaired) electrons. The van der Waals surface area contributed by atoms with Crippen molar-refractivity contribution in [1.82, 2.24) is 9.13 Å². The Hall–Kier alpha value is -5.08. The second-order valence-electron chi connectivity index (χ2n) is 9.84. The Kier molecular flexibility index (Phi) is 10.1. The molecule has 8 aromatic rings. The zero-order chi connectivity index (χ0) is 29.1. The molecule has 0 amide bonds. The average molecular weight is 577 g/mol. The molecule has 44 heavy (non-hydrogen) atoms. The van der Waals surface area contributed by atoms with Crippen LogP contribution in [0.25, 0.3) is 66.1 Å². The van der Waals surface area contributed by atoms with Crippen LogP contribution in [0.5, 0.6) is 0 Å². The van der Waals surface area contributed by atoms with E-state index in [-0.39, 0.29) is 14.9 Å². The summed E-state index contributed by atoms with van der Waals surface area (Å²) in [5.74, 6) is 0. The summed E-state index contributed by atoms with van der Waals surface area (Å²) >= 11 is 0. The van der Waals surface area contributed by atoms with Gasteiger partial charge in [0.2, 0.25) is 0 Å². The molecular formula is C42H44N2. The summed E-state index contributed by atoms with van der Waals surface area (Å²) < 4.78 is 4.76. The largest absolute Gasteiger partial charge is 0.309 e. The predicted octanol–water partition coefficient (Wildman–Crippen LogP) is 12.9. The van der Waals surface area contributed by atoms with Crippen molar-refractivity contribution in [3.05, 3.63) is 146 Å². The number of nitrogens with zero attached hydrogens (tertiary/aromatic N) is 2. The second-order valence-corrected chi connectivity index (χ2v) is 9.84. The van der Waals surface area contributed by atoms with Gasteiger partial charge in [-0.3, -0.25) is 0 Å². The van der Waals surface area contributed by atoms with Crippen LogP contribution in [0, 0.1) is 0 Å². The van der Waals surface area contributed by atoms with Crippen molar-refractivity contribution < 1.29 is 0 Å². The zero-order valence-corrected chi connectivity index (χ0v) is 24.8. The van der Waals surface area contributed by atoms with Crippen molar-refractivity contribution in [1.29, 1.82) is 0 Å². The van der Waals surface area contributed by atoms with E-state index in [1.807, 2.05) is 27.7 Å². The fourth-order valence-corrected chi connectivity index (χ4v) is 6.05. The van der Waals surface area contributed by atoms with Crippen LogP contribution >= 0.6 is 0 Å². The van der Waals surface area contributed by atoms with E-state index >= 15 is 0 Å². The lowest BCUT2D eigenvalue weighted by molar-refractivity contribution is 1.17. The van der Waals surface area contributed by atoms with Crippen LogP contribution in [0.4, 0.5) is 0 Å². The monoisotopic (exact) mass is 576 g/mol. The van der Waals surface area contributed by atoms with Crippen LogP contribution in [0.2, 0.25) is 0 Å². The lowest BCUT2D eigenvalue weighted by Crippen LogP contribution is -1.95. The maximum Gasteiger partial charge on any atom is 0.0541 e. The van der Waals surface area contributed by atoms with E-state index in [0.29, 0.717) is 0 Å². The molecule has 6 aromatic carbocycles. The topological polar surface area (TPSA) is 9.86 Å². The van der Waals surface area contributed by atoms with Gasteiger partial charge in [-0.15, -0.1) is 0 Å². The van der Waals surface area contributed by atoms with Gasteiger partial charge in [-0.2, -0.15) is 0 Å². The molecular weight excluding hydrogens is 532 g/mol. The highest BCUT2D eigenvalue weighted by atomic mass is 15.0. The highest BCUT2D eigenvalue weighted by molar-refractivity contribution is 6.10. The molecule has 2 heteroatoms. The minimum atomic E-state index is 0. The highest BCUT2D eigenvalue weighted by Gasteiger charge is 2.14. The summed E-state index contributed by atoms with van der Waals surface area (Å²) in [7, 11) is 0. The van der Waals surface area contributed by atoms with Crippen molar-refractivity contribution in [2.24, 2.45) is 0 Å².